The van der Waals surface area contributed by atoms with Gasteiger partial charge in [-0.25, -0.2) is 4.79 Å². The van der Waals surface area contributed by atoms with Crippen molar-refractivity contribution in [3.8, 4) is 5.75 Å². The minimum absolute atomic E-state index is 0.0419. The number of nitrogens with zero attached hydrogens (tertiary/aromatic N) is 1. The Kier molecular flexibility index (Phi) is 5.69. The van der Waals surface area contributed by atoms with Crippen LogP contribution in [-0.4, -0.2) is 24.0 Å². The quantitative estimate of drug-likeness (QED) is 0.508. The van der Waals surface area contributed by atoms with Gasteiger partial charge in [-0.1, -0.05) is 29.8 Å². The number of nitro groups is 1. The van der Waals surface area contributed by atoms with Gasteiger partial charge in [0, 0.05) is 11.8 Å². The standard InChI is InChI=1S/C19H17ClN4O5/c1-10-16(18(25)22-13-5-3-4-6-15(13)29-2)17(23-19(26)21-10)11-7-8-12(20)14(9-11)24(27)28/h3-9,17H,1-2H3,(H,22,25)(H2,21,23,26). The number of benzene rings is 2. The Balaban J connectivity index is 2.01. The van der Waals surface area contributed by atoms with Crippen molar-refractivity contribution >= 4 is 34.9 Å². The van der Waals surface area contributed by atoms with Gasteiger partial charge < -0.3 is 20.7 Å². The van der Waals surface area contributed by atoms with Crippen molar-refractivity contribution in [2.24, 2.45) is 0 Å². The maximum Gasteiger partial charge on any atom is 0.319 e. The SMILES string of the molecule is COc1ccccc1NC(=O)C1=C(C)NC(=O)NC1c1ccc(Cl)c([N+](=O)[O-])c1. The largest absolute Gasteiger partial charge is 0.495 e. The van der Waals surface area contributed by atoms with Crippen LogP contribution in [0.25, 0.3) is 0 Å². The van der Waals surface area contributed by atoms with E-state index in [4.69, 9.17) is 16.3 Å². The second kappa shape index (κ2) is 8.19. The summed E-state index contributed by atoms with van der Waals surface area (Å²) >= 11 is 5.88. The van der Waals surface area contributed by atoms with E-state index in [0.29, 0.717) is 22.7 Å². The first kappa shape index (κ1) is 20.2. The first-order valence-electron chi connectivity index (χ1n) is 8.48. The summed E-state index contributed by atoms with van der Waals surface area (Å²) in [5.74, 6) is -0.0345. The predicted octanol–water partition coefficient (Wildman–Crippen LogP) is 3.52. The van der Waals surface area contributed by atoms with E-state index in [2.05, 4.69) is 16.0 Å². The summed E-state index contributed by atoms with van der Waals surface area (Å²) in [6.07, 6.45) is 0. The highest BCUT2D eigenvalue weighted by molar-refractivity contribution is 6.32. The van der Waals surface area contributed by atoms with Crippen LogP contribution in [0.5, 0.6) is 5.75 Å². The molecule has 0 aliphatic carbocycles. The summed E-state index contributed by atoms with van der Waals surface area (Å²) in [7, 11) is 1.48. The van der Waals surface area contributed by atoms with Crippen LogP contribution in [0.1, 0.15) is 18.5 Å². The van der Waals surface area contributed by atoms with Crippen LogP contribution in [0, 0.1) is 10.1 Å². The molecule has 3 rings (SSSR count). The summed E-state index contributed by atoms with van der Waals surface area (Å²) in [6, 6.07) is 9.54. The number of allylic oxidation sites excluding steroid dienone is 1. The lowest BCUT2D eigenvalue weighted by Gasteiger charge is -2.28. The third-order valence-electron chi connectivity index (χ3n) is 4.37. The lowest BCUT2D eigenvalue weighted by Crippen LogP contribution is -2.46. The van der Waals surface area contributed by atoms with Gasteiger partial charge in [-0.15, -0.1) is 0 Å². The fourth-order valence-corrected chi connectivity index (χ4v) is 3.22. The minimum Gasteiger partial charge on any atom is -0.495 e. The molecule has 1 heterocycles. The molecule has 3 amide bonds. The fraction of sp³-hybridized carbons (Fsp3) is 0.158. The number of carbonyl (C=O) groups excluding carboxylic acids is 2. The number of hydrogen-bond donors (Lipinski definition) is 3. The average molecular weight is 417 g/mol. The number of rotatable bonds is 5. The van der Waals surface area contributed by atoms with E-state index in [9.17, 15) is 19.7 Å². The van der Waals surface area contributed by atoms with Crippen LogP contribution in [0.3, 0.4) is 0 Å². The molecule has 1 aliphatic rings. The summed E-state index contributed by atoms with van der Waals surface area (Å²) in [4.78, 5) is 35.7. The van der Waals surface area contributed by atoms with E-state index in [1.54, 1.807) is 31.2 Å². The molecule has 1 aliphatic heterocycles. The van der Waals surface area contributed by atoms with Crippen LogP contribution in [-0.2, 0) is 4.79 Å². The number of ether oxygens (including phenoxy) is 1. The van der Waals surface area contributed by atoms with E-state index in [-0.39, 0.29) is 16.3 Å². The molecule has 10 heteroatoms. The molecule has 0 radical (unpaired) electrons. The normalized spacial score (nSPS) is 16.0. The molecule has 0 saturated carbocycles. The molecule has 2 aromatic rings. The minimum atomic E-state index is -0.908. The number of hydrogen-bond acceptors (Lipinski definition) is 5. The lowest BCUT2D eigenvalue weighted by molar-refractivity contribution is -0.384. The molecule has 0 spiro atoms. The first-order chi connectivity index (χ1) is 13.8. The van der Waals surface area contributed by atoms with Crippen molar-refractivity contribution in [1.82, 2.24) is 10.6 Å². The zero-order valence-electron chi connectivity index (χ0n) is 15.5. The molecule has 0 aromatic heterocycles. The second-order valence-electron chi connectivity index (χ2n) is 6.19. The van der Waals surface area contributed by atoms with E-state index in [0.717, 1.165) is 0 Å². The maximum atomic E-state index is 13.0. The van der Waals surface area contributed by atoms with Crippen LogP contribution >= 0.6 is 11.6 Å². The van der Waals surface area contributed by atoms with Crippen molar-refractivity contribution in [2.75, 3.05) is 12.4 Å². The molecule has 1 unspecified atom stereocenters. The zero-order chi connectivity index (χ0) is 21.1. The van der Waals surface area contributed by atoms with Crippen molar-refractivity contribution in [2.45, 2.75) is 13.0 Å². The fourth-order valence-electron chi connectivity index (χ4n) is 3.03. The highest BCUT2D eigenvalue weighted by Gasteiger charge is 2.32. The lowest BCUT2D eigenvalue weighted by atomic mass is 9.94. The Morgan fingerprint density at radius 2 is 2.00 bits per heavy atom. The number of carbonyl (C=O) groups is 2. The number of amides is 3. The molecule has 29 heavy (non-hydrogen) atoms. The molecule has 2 aromatic carbocycles. The average Bonchev–Trinajstić information content (AvgIpc) is 2.67. The Morgan fingerprint density at radius 3 is 2.69 bits per heavy atom. The number of nitrogens with one attached hydrogen (secondary N) is 3. The number of nitro benzene ring substituents is 1. The van der Waals surface area contributed by atoms with Gasteiger partial charge >= 0.3 is 6.03 Å². The van der Waals surface area contributed by atoms with Gasteiger partial charge in [-0.05, 0) is 30.7 Å². The summed E-state index contributed by atoms with van der Waals surface area (Å²) in [5, 5.41) is 19.1. The number of para-hydroxylation sites is 2. The van der Waals surface area contributed by atoms with Gasteiger partial charge in [-0.3, -0.25) is 14.9 Å². The molecular formula is C19H17ClN4O5. The summed E-state index contributed by atoms with van der Waals surface area (Å²) in [5.41, 5.74) is 0.994. The van der Waals surface area contributed by atoms with Gasteiger partial charge in [0.2, 0.25) is 0 Å². The van der Waals surface area contributed by atoms with Crippen LogP contribution in [0.15, 0.2) is 53.7 Å². The molecule has 9 nitrogen and oxygen atoms in total. The van der Waals surface area contributed by atoms with Gasteiger partial charge in [0.15, 0.2) is 0 Å². The number of halogens is 1. The van der Waals surface area contributed by atoms with E-state index < -0.39 is 22.9 Å². The number of methoxy groups -OCH3 is 1. The van der Waals surface area contributed by atoms with Gasteiger partial charge in [0.1, 0.15) is 10.8 Å². The van der Waals surface area contributed by atoms with Crippen LogP contribution in [0.4, 0.5) is 16.2 Å². The highest BCUT2D eigenvalue weighted by Crippen LogP contribution is 2.33. The Hall–Kier alpha value is -3.59. The first-order valence-corrected chi connectivity index (χ1v) is 8.86. The van der Waals surface area contributed by atoms with Crippen molar-refractivity contribution in [3.63, 3.8) is 0 Å². The van der Waals surface area contributed by atoms with Gasteiger partial charge in [0.05, 0.1) is 29.3 Å². The van der Waals surface area contributed by atoms with Gasteiger partial charge in [-0.2, -0.15) is 0 Å². The van der Waals surface area contributed by atoms with E-state index >= 15 is 0 Å². The summed E-state index contributed by atoms with van der Waals surface area (Å²) in [6.45, 7) is 1.58. The van der Waals surface area contributed by atoms with Gasteiger partial charge in [0.25, 0.3) is 11.6 Å². The number of urea groups is 1. The van der Waals surface area contributed by atoms with Crippen molar-refractivity contribution in [3.05, 3.63) is 74.4 Å². The molecule has 0 saturated heterocycles. The molecule has 3 N–H and O–H groups in total. The Morgan fingerprint density at radius 1 is 1.28 bits per heavy atom. The molecular weight excluding hydrogens is 400 g/mol. The maximum absolute atomic E-state index is 13.0. The smallest absolute Gasteiger partial charge is 0.319 e. The van der Waals surface area contributed by atoms with Crippen molar-refractivity contribution in [1.29, 1.82) is 0 Å². The summed E-state index contributed by atoms with van der Waals surface area (Å²) < 4.78 is 5.24. The molecule has 150 valence electrons. The molecule has 0 bridgehead atoms. The monoisotopic (exact) mass is 416 g/mol. The molecule has 1 atom stereocenters. The Bertz CT molecular complexity index is 1040. The van der Waals surface area contributed by atoms with Crippen molar-refractivity contribution < 1.29 is 19.2 Å². The van der Waals surface area contributed by atoms with Crippen LogP contribution in [0.2, 0.25) is 5.02 Å². The van der Waals surface area contributed by atoms with E-state index in [1.165, 1.54) is 25.3 Å². The molecule has 0 fully saturated rings. The van der Waals surface area contributed by atoms with Crippen LogP contribution < -0.4 is 20.7 Å². The zero-order valence-corrected chi connectivity index (χ0v) is 16.2. The topological polar surface area (TPSA) is 123 Å². The second-order valence-corrected chi connectivity index (χ2v) is 6.60. The number of anilines is 1. The third kappa shape index (κ3) is 4.14. The highest BCUT2D eigenvalue weighted by atomic mass is 35.5. The third-order valence-corrected chi connectivity index (χ3v) is 4.69. The van der Waals surface area contributed by atoms with E-state index in [1.807, 2.05) is 0 Å². The Labute approximate surface area is 170 Å². The predicted molar refractivity (Wildman–Crippen MR) is 107 cm³/mol.